The summed E-state index contributed by atoms with van der Waals surface area (Å²) >= 11 is 0. The van der Waals surface area contributed by atoms with E-state index in [4.69, 9.17) is 9.47 Å². The summed E-state index contributed by atoms with van der Waals surface area (Å²) in [4.78, 5) is 24.2. The number of carbonyl (C=O) groups excluding carboxylic acids is 1. The largest absolute Gasteiger partial charge is 0.491 e. The van der Waals surface area contributed by atoms with E-state index in [1.807, 2.05) is 31.3 Å². The number of carbonyl (C=O) groups is 1. The number of aliphatic hydroxyl groups excluding tert-OH is 1. The minimum Gasteiger partial charge on any atom is -0.491 e. The SMILES string of the molecule is COC(=O)C1CCN(C[C@H](O)COc2cccc(CN(C)Cc3ccncn3)c2)CC1. The highest BCUT2D eigenvalue weighted by Gasteiger charge is 2.26. The van der Waals surface area contributed by atoms with Crippen LogP contribution in [0, 0.1) is 5.92 Å². The van der Waals surface area contributed by atoms with Crippen molar-refractivity contribution in [3.05, 3.63) is 54.1 Å². The fraction of sp³-hybridized carbons (Fsp3) is 0.522. The average molecular weight is 429 g/mol. The van der Waals surface area contributed by atoms with Crippen molar-refractivity contribution >= 4 is 5.97 Å². The molecular formula is C23H32N4O4. The normalized spacial score (nSPS) is 16.3. The van der Waals surface area contributed by atoms with Crippen molar-refractivity contribution in [3.8, 4) is 5.75 Å². The molecule has 1 atom stereocenters. The van der Waals surface area contributed by atoms with Gasteiger partial charge < -0.3 is 19.5 Å². The molecule has 2 heterocycles. The first kappa shape index (κ1) is 23.1. The van der Waals surface area contributed by atoms with E-state index < -0.39 is 6.10 Å². The molecule has 168 valence electrons. The number of benzene rings is 1. The van der Waals surface area contributed by atoms with E-state index >= 15 is 0 Å². The molecule has 3 rings (SSSR count). The van der Waals surface area contributed by atoms with Gasteiger partial charge in [0.2, 0.25) is 0 Å². The summed E-state index contributed by atoms with van der Waals surface area (Å²) in [6, 6.07) is 9.85. The third-order valence-electron chi connectivity index (χ3n) is 5.46. The summed E-state index contributed by atoms with van der Waals surface area (Å²) in [5.41, 5.74) is 2.11. The number of aliphatic hydroxyl groups is 1. The summed E-state index contributed by atoms with van der Waals surface area (Å²) in [5, 5.41) is 10.4. The van der Waals surface area contributed by atoms with Gasteiger partial charge >= 0.3 is 5.97 Å². The molecule has 1 aliphatic rings. The van der Waals surface area contributed by atoms with E-state index in [0.717, 1.165) is 56.0 Å². The van der Waals surface area contributed by atoms with Gasteiger partial charge in [0.1, 0.15) is 24.8 Å². The smallest absolute Gasteiger partial charge is 0.308 e. The van der Waals surface area contributed by atoms with Gasteiger partial charge in [-0.2, -0.15) is 0 Å². The van der Waals surface area contributed by atoms with Crippen molar-refractivity contribution in [2.24, 2.45) is 5.92 Å². The second kappa shape index (κ2) is 11.7. The van der Waals surface area contributed by atoms with Gasteiger partial charge in [0, 0.05) is 25.8 Å². The summed E-state index contributed by atoms with van der Waals surface area (Å²) in [6.45, 7) is 3.83. The second-order valence-electron chi connectivity index (χ2n) is 8.08. The molecule has 1 aromatic carbocycles. The van der Waals surface area contributed by atoms with E-state index in [9.17, 15) is 9.90 Å². The molecule has 8 nitrogen and oxygen atoms in total. The molecule has 1 fully saturated rings. The lowest BCUT2D eigenvalue weighted by molar-refractivity contribution is -0.147. The van der Waals surface area contributed by atoms with Crippen LogP contribution in [0.4, 0.5) is 0 Å². The highest BCUT2D eigenvalue weighted by molar-refractivity contribution is 5.72. The number of likely N-dealkylation sites (tertiary alicyclic amines) is 1. The molecule has 0 spiro atoms. The Morgan fingerprint density at radius 1 is 1.29 bits per heavy atom. The van der Waals surface area contributed by atoms with Crippen molar-refractivity contribution < 1.29 is 19.4 Å². The maximum absolute atomic E-state index is 11.6. The van der Waals surface area contributed by atoms with Crippen molar-refractivity contribution in [2.75, 3.05) is 40.4 Å². The molecule has 1 N–H and O–H groups in total. The van der Waals surface area contributed by atoms with Crippen LogP contribution in [-0.4, -0.2) is 77.3 Å². The third kappa shape index (κ3) is 7.57. The Balaban J connectivity index is 1.41. The fourth-order valence-electron chi connectivity index (χ4n) is 3.85. The molecule has 1 aliphatic heterocycles. The van der Waals surface area contributed by atoms with Gasteiger partial charge in [0.25, 0.3) is 0 Å². The molecule has 1 aromatic heterocycles. The quantitative estimate of drug-likeness (QED) is 0.573. The Hall–Kier alpha value is -2.55. The number of esters is 1. The van der Waals surface area contributed by atoms with Gasteiger partial charge in [-0.15, -0.1) is 0 Å². The number of hydrogen-bond donors (Lipinski definition) is 1. The van der Waals surface area contributed by atoms with E-state index in [2.05, 4.69) is 25.8 Å². The maximum atomic E-state index is 11.6. The predicted molar refractivity (Wildman–Crippen MR) is 116 cm³/mol. The molecule has 0 unspecified atom stereocenters. The van der Waals surface area contributed by atoms with E-state index in [-0.39, 0.29) is 18.5 Å². The topological polar surface area (TPSA) is 88.0 Å². The van der Waals surface area contributed by atoms with Crippen LogP contribution in [0.1, 0.15) is 24.1 Å². The molecule has 0 saturated carbocycles. The third-order valence-corrected chi connectivity index (χ3v) is 5.46. The lowest BCUT2D eigenvalue weighted by atomic mass is 9.97. The molecule has 31 heavy (non-hydrogen) atoms. The van der Waals surface area contributed by atoms with E-state index in [1.165, 1.54) is 7.11 Å². The standard InChI is InChI=1S/C23H32N4O4/c1-26(14-20-6-9-24-17-25-20)13-18-4-3-5-22(12-18)31-16-21(28)15-27-10-7-19(8-11-27)23(29)30-2/h3-6,9,12,17,19,21,28H,7-8,10-11,13-16H2,1-2H3/t21-/m0/s1. The number of methoxy groups -OCH3 is 1. The molecule has 2 aromatic rings. The lowest BCUT2D eigenvalue weighted by Crippen LogP contribution is -2.42. The second-order valence-corrected chi connectivity index (χ2v) is 8.08. The first-order valence-electron chi connectivity index (χ1n) is 10.7. The van der Waals surface area contributed by atoms with Crippen LogP contribution in [-0.2, 0) is 22.6 Å². The molecule has 0 aliphatic carbocycles. The first-order chi connectivity index (χ1) is 15.0. The van der Waals surface area contributed by atoms with Crippen LogP contribution >= 0.6 is 0 Å². The number of rotatable bonds is 10. The lowest BCUT2D eigenvalue weighted by Gasteiger charge is -2.31. The Labute approximate surface area is 183 Å². The zero-order valence-electron chi connectivity index (χ0n) is 18.3. The molecule has 1 saturated heterocycles. The van der Waals surface area contributed by atoms with Crippen LogP contribution in [0.5, 0.6) is 5.75 Å². The summed E-state index contributed by atoms with van der Waals surface area (Å²) in [7, 11) is 3.48. The van der Waals surface area contributed by atoms with Gasteiger partial charge in [0.05, 0.1) is 18.7 Å². The maximum Gasteiger partial charge on any atom is 0.308 e. The van der Waals surface area contributed by atoms with Crippen molar-refractivity contribution in [3.63, 3.8) is 0 Å². The van der Waals surface area contributed by atoms with Crippen molar-refractivity contribution in [2.45, 2.75) is 32.0 Å². The molecule has 0 amide bonds. The highest BCUT2D eigenvalue weighted by Crippen LogP contribution is 2.19. The Bertz CT molecular complexity index is 812. The van der Waals surface area contributed by atoms with Gasteiger partial charge in [-0.05, 0) is 56.7 Å². The zero-order chi connectivity index (χ0) is 22.1. The van der Waals surface area contributed by atoms with Crippen LogP contribution in [0.25, 0.3) is 0 Å². The Kier molecular flexibility index (Phi) is 8.75. The van der Waals surface area contributed by atoms with E-state index in [0.29, 0.717) is 6.54 Å². The number of aromatic nitrogens is 2. The molecule has 0 radical (unpaired) electrons. The number of hydrogen-bond acceptors (Lipinski definition) is 8. The fourth-order valence-corrected chi connectivity index (χ4v) is 3.85. The van der Waals surface area contributed by atoms with Crippen LogP contribution in [0.15, 0.2) is 42.9 Å². The van der Waals surface area contributed by atoms with Gasteiger partial charge in [-0.1, -0.05) is 12.1 Å². The monoisotopic (exact) mass is 428 g/mol. The van der Waals surface area contributed by atoms with Crippen LogP contribution in [0.2, 0.25) is 0 Å². The van der Waals surface area contributed by atoms with Crippen LogP contribution < -0.4 is 4.74 Å². The number of piperidine rings is 1. The van der Waals surface area contributed by atoms with Crippen molar-refractivity contribution in [1.82, 2.24) is 19.8 Å². The summed E-state index contributed by atoms with van der Waals surface area (Å²) in [6.07, 6.45) is 4.26. The zero-order valence-corrected chi connectivity index (χ0v) is 18.3. The summed E-state index contributed by atoms with van der Waals surface area (Å²) in [5.74, 6) is 0.590. The van der Waals surface area contributed by atoms with E-state index in [1.54, 1.807) is 12.5 Å². The predicted octanol–water partition coefficient (Wildman–Crippen LogP) is 1.73. The minimum atomic E-state index is -0.584. The number of β-amino-alcohol motifs (C(OH)–C–C–N with tert-alkyl or cyclic N) is 1. The minimum absolute atomic E-state index is 0.0233. The van der Waals surface area contributed by atoms with Crippen LogP contribution in [0.3, 0.4) is 0 Å². The Morgan fingerprint density at radius 2 is 2.10 bits per heavy atom. The van der Waals surface area contributed by atoms with Crippen molar-refractivity contribution in [1.29, 1.82) is 0 Å². The molecular weight excluding hydrogens is 396 g/mol. The molecule has 8 heteroatoms. The van der Waals surface area contributed by atoms with Gasteiger partial charge in [0.15, 0.2) is 0 Å². The average Bonchev–Trinajstić information content (AvgIpc) is 2.78. The van der Waals surface area contributed by atoms with Gasteiger partial charge in [-0.25, -0.2) is 9.97 Å². The highest BCUT2D eigenvalue weighted by atomic mass is 16.5. The Morgan fingerprint density at radius 3 is 2.81 bits per heavy atom. The van der Waals surface area contributed by atoms with Gasteiger partial charge in [-0.3, -0.25) is 9.69 Å². The number of nitrogens with zero attached hydrogens (tertiary/aromatic N) is 4. The molecule has 0 bridgehead atoms. The summed E-state index contributed by atoms with van der Waals surface area (Å²) < 4.78 is 10.7. The first-order valence-corrected chi connectivity index (χ1v) is 10.7. The number of ether oxygens (including phenoxy) is 2.